The second kappa shape index (κ2) is 4.83. The number of benzene rings is 1. The summed E-state index contributed by atoms with van der Waals surface area (Å²) < 4.78 is 12.1. The van der Waals surface area contributed by atoms with Crippen molar-refractivity contribution >= 4 is 18.5 Å². The third-order valence-electron chi connectivity index (χ3n) is 5.48. The molecular formula is C17H24BNO3. The van der Waals surface area contributed by atoms with Crippen LogP contribution < -0.4 is 10.8 Å². The largest absolute Gasteiger partial charge is 0.494 e. The minimum Gasteiger partial charge on any atom is -0.399 e. The molecule has 1 atom stereocenters. The van der Waals surface area contributed by atoms with Crippen molar-refractivity contribution < 1.29 is 14.1 Å². The van der Waals surface area contributed by atoms with Crippen molar-refractivity contribution in [3.8, 4) is 0 Å². The first-order valence-corrected chi connectivity index (χ1v) is 7.90. The fourth-order valence-corrected chi connectivity index (χ4v) is 3.00. The smallest absolute Gasteiger partial charge is 0.399 e. The van der Waals surface area contributed by atoms with Gasteiger partial charge in [-0.15, -0.1) is 0 Å². The summed E-state index contributed by atoms with van der Waals surface area (Å²) in [5.74, 6) is 0.107. The zero-order valence-corrected chi connectivity index (χ0v) is 14.0. The molecule has 1 aromatic rings. The molecule has 2 aliphatic rings. The van der Waals surface area contributed by atoms with Gasteiger partial charge in [0.2, 0.25) is 5.91 Å². The van der Waals surface area contributed by atoms with Crippen molar-refractivity contribution in [2.24, 2.45) is 0 Å². The van der Waals surface area contributed by atoms with Gasteiger partial charge in [0.05, 0.1) is 16.6 Å². The number of hydrogen-bond acceptors (Lipinski definition) is 3. The summed E-state index contributed by atoms with van der Waals surface area (Å²) >= 11 is 0. The first kappa shape index (κ1) is 15.6. The van der Waals surface area contributed by atoms with Crippen molar-refractivity contribution in [1.82, 2.24) is 5.32 Å². The van der Waals surface area contributed by atoms with Gasteiger partial charge in [0.25, 0.3) is 0 Å². The minimum atomic E-state index is -0.422. The molecule has 0 radical (unpaired) electrons. The summed E-state index contributed by atoms with van der Waals surface area (Å²) in [5, 5.41) is 2.91. The number of carbonyl (C=O) groups is 1. The van der Waals surface area contributed by atoms with E-state index >= 15 is 0 Å². The average molecular weight is 301 g/mol. The molecular weight excluding hydrogens is 277 g/mol. The number of carbonyl (C=O) groups excluding carboxylic acids is 1. The molecule has 2 saturated heterocycles. The first-order chi connectivity index (χ1) is 10.2. The summed E-state index contributed by atoms with van der Waals surface area (Å²) in [4.78, 5) is 12.0. The highest BCUT2D eigenvalue weighted by Crippen LogP contribution is 2.37. The fourth-order valence-electron chi connectivity index (χ4n) is 3.00. The van der Waals surface area contributed by atoms with Gasteiger partial charge in [0.1, 0.15) is 0 Å². The molecule has 3 rings (SSSR count). The lowest BCUT2D eigenvalue weighted by molar-refractivity contribution is -0.123. The number of nitrogens with one attached hydrogen (secondary N) is 1. The van der Waals surface area contributed by atoms with Crippen LogP contribution in [0.5, 0.6) is 0 Å². The third-order valence-corrected chi connectivity index (χ3v) is 5.48. The normalized spacial score (nSPS) is 29.7. The highest BCUT2D eigenvalue weighted by molar-refractivity contribution is 6.62. The molecule has 0 bridgehead atoms. The molecule has 1 amide bonds. The Kier molecular flexibility index (Phi) is 3.42. The van der Waals surface area contributed by atoms with Crippen LogP contribution in [0.15, 0.2) is 24.3 Å². The Labute approximate surface area is 132 Å². The Morgan fingerprint density at radius 2 is 1.55 bits per heavy atom. The zero-order chi connectivity index (χ0) is 16.2. The van der Waals surface area contributed by atoms with E-state index in [1.54, 1.807) is 0 Å². The lowest BCUT2D eigenvalue weighted by Crippen LogP contribution is -2.41. The highest BCUT2D eigenvalue weighted by atomic mass is 16.7. The van der Waals surface area contributed by atoms with Crippen molar-refractivity contribution in [2.75, 3.05) is 6.54 Å². The van der Waals surface area contributed by atoms with Gasteiger partial charge in [-0.3, -0.25) is 4.79 Å². The summed E-state index contributed by atoms with van der Waals surface area (Å²) in [6.45, 7) is 10.9. The Morgan fingerprint density at radius 1 is 1.00 bits per heavy atom. The summed E-state index contributed by atoms with van der Waals surface area (Å²) in [6.07, 6.45) is 0.835. The van der Waals surface area contributed by atoms with Crippen LogP contribution in [-0.4, -0.2) is 30.8 Å². The van der Waals surface area contributed by atoms with Crippen LogP contribution in [0.1, 0.15) is 46.6 Å². The van der Waals surface area contributed by atoms with Gasteiger partial charge in [0, 0.05) is 6.54 Å². The van der Waals surface area contributed by atoms with E-state index in [0.717, 1.165) is 24.0 Å². The van der Waals surface area contributed by atoms with E-state index in [1.165, 1.54) is 0 Å². The highest BCUT2D eigenvalue weighted by Gasteiger charge is 2.51. The maximum Gasteiger partial charge on any atom is 0.494 e. The van der Waals surface area contributed by atoms with Crippen LogP contribution in [0.2, 0.25) is 0 Å². The van der Waals surface area contributed by atoms with Crippen LogP contribution >= 0.6 is 0 Å². The van der Waals surface area contributed by atoms with E-state index in [4.69, 9.17) is 9.31 Å². The predicted molar refractivity (Wildman–Crippen MR) is 87.1 cm³/mol. The second-order valence-corrected chi connectivity index (χ2v) is 7.55. The van der Waals surface area contributed by atoms with Crippen LogP contribution in [0.25, 0.3) is 0 Å². The summed E-state index contributed by atoms with van der Waals surface area (Å²) in [6, 6.07) is 8.05. The third kappa shape index (κ3) is 2.27. The predicted octanol–water partition coefficient (Wildman–Crippen LogP) is 1.76. The van der Waals surface area contributed by atoms with Crippen molar-refractivity contribution in [3.05, 3.63) is 29.8 Å². The summed E-state index contributed by atoms with van der Waals surface area (Å²) in [7, 11) is -0.357. The summed E-state index contributed by atoms with van der Waals surface area (Å²) in [5.41, 5.74) is 0.933. The molecule has 118 valence electrons. The van der Waals surface area contributed by atoms with E-state index < -0.39 is 5.41 Å². The monoisotopic (exact) mass is 301 g/mol. The molecule has 2 aliphatic heterocycles. The Bertz CT molecular complexity index is 580. The quantitative estimate of drug-likeness (QED) is 0.847. The Balaban J connectivity index is 1.83. The van der Waals surface area contributed by atoms with E-state index in [-0.39, 0.29) is 24.2 Å². The fraction of sp³-hybridized carbons (Fsp3) is 0.588. The van der Waals surface area contributed by atoms with E-state index in [1.807, 2.05) is 58.9 Å². The van der Waals surface area contributed by atoms with Gasteiger partial charge in [-0.2, -0.15) is 0 Å². The molecule has 0 saturated carbocycles. The lowest BCUT2D eigenvalue weighted by Gasteiger charge is -2.32. The molecule has 1 N–H and O–H groups in total. The van der Waals surface area contributed by atoms with Gasteiger partial charge < -0.3 is 14.6 Å². The van der Waals surface area contributed by atoms with Gasteiger partial charge in [-0.05, 0) is 52.1 Å². The molecule has 0 aromatic heterocycles. The molecule has 5 heteroatoms. The van der Waals surface area contributed by atoms with E-state index in [0.29, 0.717) is 0 Å². The maximum absolute atomic E-state index is 12.0. The number of hydrogen-bond donors (Lipinski definition) is 1. The number of rotatable bonds is 2. The minimum absolute atomic E-state index is 0.107. The Morgan fingerprint density at radius 3 is 2.00 bits per heavy atom. The molecule has 2 heterocycles. The second-order valence-electron chi connectivity index (χ2n) is 7.55. The van der Waals surface area contributed by atoms with Crippen molar-refractivity contribution in [3.63, 3.8) is 0 Å². The lowest BCUT2D eigenvalue weighted by atomic mass is 9.75. The van der Waals surface area contributed by atoms with E-state index in [9.17, 15) is 4.79 Å². The molecule has 0 aliphatic carbocycles. The Hall–Kier alpha value is -1.33. The average Bonchev–Trinajstić information content (AvgIpc) is 2.88. The van der Waals surface area contributed by atoms with E-state index in [2.05, 4.69) is 5.32 Å². The standard InChI is InChI=1S/C17H24BNO3/c1-15(2)16(3,4)22-18(21-15)13-8-6-12(7-9-13)17(5)10-11-19-14(17)20/h6-9H,10-11H2,1-5H3,(H,19,20). The first-order valence-electron chi connectivity index (χ1n) is 7.90. The van der Waals surface area contributed by atoms with Gasteiger partial charge in [-0.25, -0.2) is 0 Å². The van der Waals surface area contributed by atoms with Crippen LogP contribution in [0, 0.1) is 0 Å². The van der Waals surface area contributed by atoms with Gasteiger partial charge in [-0.1, -0.05) is 24.3 Å². The molecule has 0 spiro atoms. The van der Waals surface area contributed by atoms with Crippen LogP contribution in [-0.2, 0) is 19.5 Å². The van der Waals surface area contributed by atoms with Gasteiger partial charge in [0.15, 0.2) is 0 Å². The van der Waals surface area contributed by atoms with Crippen molar-refractivity contribution in [1.29, 1.82) is 0 Å². The molecule has 1 aromatic carbocycles. The maximum atomic E-state index is 12.0. The topological polar surface area (TPSA) is 47.6 Å². The molecule has 4 nitrogen and oxygen atoms in total. The molecule has 22 heavy (non-hydrogen) atoms. The zero-order valence-electron chi connectivity index (χ0n) is 14.0. The van der Waals surface area contributed by atoms with Crippen molar-refractivity contribution in [2.45, 2.75) is 57.7 Å². The van der Waals surface area contributed by atoms with Gasteiger partial charge >= 0.3 is 7.12 Å². The van der Waals surface area contributed by atoms with Crippen LogP contribution in [0.3, 0.4) is 0 Å². The molecule has 1 unspecified atom stereocenters. The SMILES string of the molecule is CC1(c2ccc(B3OC(C)(C)C(C)(C)O3)cc2)CCNC1=O. The number of amides is 1. The van der Waals surface area contributed by atoms with Crippen LogP contribution in [0.4, 0.5) is 0 Å². The molecule has 2 fully saturated rings.